The number of aromatic nitrogens is 2. The van der Waals surface area contributed by atoms with E-state index in [1.54, 1.807) is 12.1 Å². The summed E-state index contributed by atoms with van der Waals surface area (Å²) < 4.78 is 17.0. The van der Waals surface area contributed by atoms with Gasteiger partial charge in [-0.15, -0.1) is 0 Å². The van der Waals surface area contributed by atoms with E-state index in [4.69, 9.17) is 4.98 Å². The second kappa shape index (κ2) is 8.51. The van der Waals surface area contributed by atoms with Crippen LogP contribution in [0, 0.1) is 26.6 Å². The first kappa shape index (κ1) is 20.9. The van der Waals surface area contributed by atoms with Crippen LogP contribution < -0.4 is 0 Å². The first-order valence-corrected chi connectivity index (χ1v) is 11.1. The molecule has 0 fully saturated rings. The van der Waals surface area contributed by atoms with Crippen LogP contribution >= 0.6 is 0 Å². The maximum atomic E-state index is 14.9. The van der Waals surface area contributed by atoms with Gasteiger partial charge in [-0.1, -0.05) is 84.4 Å². The van der Waals surface area contributed by atoms with Crippen LogP contribution in [0.3, 0.4) is 0 Å². The molecule has 0 aliphatic carbocycles. The number of aryl methyl sites for hydroxylation is 3. The molecule has 0 bridgehead atoms. The SMILES string of the molecule is Cc1cc(C)c(-n2cc(-c3ccccc3-c3ccccc3)nc2-c2ccccc2F)c(C)c1. The molecule has 1 heterocycles. The Labute approximate surface area is 194 Å². The lowest BCUT2D eigenvalue weighted by molar-refractivity contribution is 0.629. The standard InChI is InChI=1S/C30H25FN2/c1-20-17-21(2)29(22(3)18-20)33-19-28(32-30(33)26-15-9-10-16-27(26)31)25-14-8-7-13-24(25)23-11-5-4-6-12-23/h4-19H,1-3H3. The highest BCUT2D eigenvalue weighted by atomic mass is 19.1. The minimum Gasteiger partial charge on any atom is -0.299 e. The summed E-state index contributed by atoms with van der Waals surface area (Å²) in [6.07, 6.45) is 2.04. The van der Waals surface area contributed by atoms with E-state index in [-0.39, 0.29) is 5.82 Å². The minimum absolute atomic E-state index is 0.283. The maximum Gasteiger partial charge on any atom is 0.148 e. The van der Waals surface area contributed by atoms with Crippen LogP contribution in [-0.4, -0.2) is 9.55 Å². The number of hydrogen-bond acceptors (Lipinski definition) is 1. The average Bonchev–Trinajstić information content (AvgIpc) is 3.24. The fourth-order valence-electron chi connectivity index (χ4n) is 4.64. The predicted octanol–water partition coefficient (Wildman–Crippen LogP) is 7.94. The van der Waals surface area contributed by atoms with Gasteiger partial charge in [0.05, 0.1) is 16.9 Å². The van der Waals surface area contributed by atoms with Crippen molar-refractivity contribution < 1.29 is 4.39 Å². The van der Waals surface area contributed by atoms with Crippen molar-refractivity contribution in [2.24, 2.45) is 0 Å². The van der Waals surface area contributed by atoms with Crippen LogP contribution in [0.4, 0.5) is 4.39 Å². The van der Waals surface area contributed by atoms with Crippen LogP contribution in [0.1, 0.15) is 16.7 Å². The molecule has 0 saturated carbocycles. The van der Waals surface area contributed by atoms with Crippen molar-refractivity contribution in [3.8, 4) is 39.5 Å². The molecule has 2 nitrogen and oxygen atoms in total. The topological polar surface area (TPSA) is 17.8 Å². The first-order valence-electron chi connectivity index (χ1n) is 11.1. The molecule has 0 aliphatic rings. The lowest BCUT2D eigenvalue weighted by Gasteiger charge is -2.15. The van der Waals surface area contributed by atoms with Gasteiger partial charge < -0.3 is 0 Å². The molecule has 0 aliphatic heterocycles. The molecule has 0 unspecified atom stereocenters. The number of benzene rings is 4. The summed E-state index contributed by atoms with van der Waals surface area (Å²) in [6, 6.07) is 29.7. The van der Waals surface area contributed by atoms with Gasteiger partial charge in [-0.05, 0) is 55.2 Å². The Hall–Kier alpha value is -3.98. The average molecular weight is 433 g/mol. The largest absolute Gasteiger partial charge is 0.299 e. The lowest BCUT2D eigenvalue weighted by Crippen LogP contribution is -2.03. The Bertz CT molecular complexity index is 1420. The molecule has 0 spiro atoms. The number of rotatable bonds is 4. The van der Waals surface area contributed by atoms with Crippen LogP contribution in [0.5, 0.6) is 0 Å². The molecule has 33 heavy (non-hydrogen) atoms. The van der Waals surface area contributed by atoms with Gasteiger partial charge in [0.15, 0.2) is 0 Å². The monoisotopic (exact) mass is 432 g/mol. The van der Waals surface area contributed by atoms with Gasteiger partial charge >= 0.3 is 0 Å². The fraction of sp³-hybridized carbons (Fsp3) is 0.100. The van der Waals surface area contributed by atoms with Gasteiger partial charge in [0, 0.05) is 11.8 Å². The Morgan fingerprint density at radius 3 is 1.91 bits per heavy atom. The molecule has 5 aromatic rings. The Balaban J connectivity index is 1.79. The van der Waals surface area contributed by atoms with E-state index in [0.29, 0.717) is 11.4 Å². The molecule has 3 heteroatoms. The number of nitrogens with zero attached hydrogens (tertiary/aromatic N) is 2. The Morgan fingerprint density at radius 2 is 1.24 bits per heavy atom. The molecule has 0 atom stereocenters. The van der Waals surface area contributed by atoms with Crippen molar-refractivity contribution in [2.45, 2.75) is 20.8 Å². The van der Waals surface area contributed by atoms with Crippen molar-refractivity contribution in [3.63, 3.8) is 0 Å². The summed E-state index contributed by atoms with van der Waals surface area (Å²) in [5.74, 6) is 0.315. The summed E-state index contributed by atoms with van der Waals surface area (Å²) >= 11 is 0. The Kier molecular flexibility index (Phi) is 5.39. The quantitative estimate of drug-likeness (QED) is 0.282. The third-order valence-electron chi connectivity index (χ3n) is 5.98. The van der Waals surface area contributed by atoms with Crippen molar-refractivity contribution in [1.29, 1.82) is 0 Å². The van der Waals surface area contributed by atoms with Crippen molar-refractivity contribution in [2.75, 3.05) is 0 Å². The summed E-state index contributed by atoms with van der Waals surface area (Å²) in [6.45, 7) is 6.28. The molecular formula is C30H25FN2. The van der Waals surface area contributed by atoms with Crippen LogP contribution in [-0.2, 0) is 0 Å². The predicted molar refractivity (Wildman–Crippen MR) is 134 cm³/mol. The van der Waals surface area contributed by atoms with E-state index < -0.39 is 0 Å². The zero-order chi connectivity index (χ0) is 22.9. The van der Waals surface area contributed by atoms with Gasteiger partial charge in [0.1, 0.15) is 11.6 Å². The van der Waals surface area contributed by atoms with Gasteiger partial charge in [-0.25, -0.2) is 9.37 Å². The highest BCUT2D eigenvalue weighted by molar-refractivity contribution is 5.83. The van der Waals surface area contributed by atoms with E-state index in [0.717, 1.165) is 39.2 Å². The van der Waals surface area contributed by atoms with Gasteiger partial charge in [-0.3, -0.25) is 4.57 Å². The molecule has 4 aromatic carbocycles. The molecule has 162 valence electrons. The molecular weight excluding hydrogens is 407 g/mol. The molecule has 0 N–H and O–H groups in total. The molecule has 0 radical (unpaired) electrons. The zero-order valence-corrected chi connectivity index (χ0v) is 19.0. The third-order valence-corrected chi connectivity index (χ3v) is 5.98. The van der Waals surface area contributed by atoms with Gasteiger partial charge in [0.2, 0.25) is 0 Å². The molecule has 0 amide bonds. The van der Waals surface area contributed by atoms with Crippen molar-refractivity contribution >= 4 is 0 Å². The van der Waals surface area contributed by atoms with Crippen LogP contribution in [0.25, 0.3) is 39.5 Å². The molecule has 5 rings (SSSR count). The van der Waals surface area contributed by atoms with Crippen LogP contribution in [0.15, 0.2) is 97.2 Å². The molecule has 0 saturated heterocycles. The first-order chi connectivity index (χ1) is 16.0. The van der Waals surface area contributed by atoms with E-state index in [1.165, 1.54) is 11.6 Å². The third kappa shape index (κ3) is 3.87. The highest BCUT2D eigenvalue weighted by Gasteiger charge is 2.20. The Morgan fingerprint density at radius 1 is 0.667 bits per heavy atom. The summed E-state index contributed by atoms with van der Waals surface area (Å²) in [4.78, 5) is 5.00. The van der Waals surface area contributed by atoms with E-state index in [2.05, 4.69) is 57.2 Å². The van der Waals surface area contributed by atoms with Crippen LogP contribution in [0.2, 0.25) is 0 Å². The van der Waals surface area contributed by atoms with Gasteiger partial charge in [-0.2, -0.15) is 0 Å². The number of halogens is 1. The smallest absolute Gasteiger partial charge is 0.148 e. The van der Waals surface area contributed by atoms with E-state index >= 15 is 0 Å². The van der Waals surface area contributed by atoms with Crippen molar-refractivity contribution in [1.82, 2.24) is 9.55 Å². The highest BCUT2D eigenvalue weighted by Crippen LogP contribution is 2.36. The maximum absolute atomic E-state index is 14.9. The zero-order valence-electron chi connectivity index (χ0n) is 19.0. The summed E-state index contributed by atoms with van der Waals surface area (Å²) in [5.41, 5.74) is 9.04. The second-order valence-electron chi connectivity index (χ2n) is 8.46. The fourth-order valence-corrected chi connectivity index (χ4v) is 4.64. The minimum atomic E-state index is -0.283. The van der Waals surface area contributed by atoms with Gasteiger partial charge in [0.25, 0.3) is 0 Å². The van der Waals surface area contributed by atoms with E-state index in [9.17, 15) is 4.39 Å². The number of hydrogen-bond donors (Lipinski definition) is 0. The van der Waals surface area contributed by atoms with Crippen molar-refractivity contribution in [3.05, 3.63) is 120 Å². The normalized spacial score (nSPS) is 11.0. The summed E-state index contributed by atoms with van der Waals surface area (Å²) in [7, 11) is 0. The number of imidazole rings is 1. The second-order valence-corrected chi connectivity index (χ2v) is 8.46. The lowest BCUT2D eigenvalue weighted by atomic mass is 9.98. The van der Waals surface area contributed by atoms with E-state index in [1.807, 2.05) is 47.2 Å². The summed E-state index contributed by atoms with van der Waals surface area (Å²) in [5, 5.41) is 0. The molecule has 1 aromatic heterocycles.